The molecule has 0 radical (unpaired) electrons. The normalized spacial score (nSPS) is 38.0. The lowest BCUT2D eigenvalue weighted by molar-refractivity contribution is -0.122. The van der Waals surface area contributed by atoms with Crippen LogP contribution in [0.5, 0.6) is 0 Å². The van der Waals surface area contributed by atoms with Crippen molar-refractivity contribution in [2.75, 3.05) is 0 Å². The second-order valence-corrected chi connectivity index (χ2v) is 14.1. The van der Waals surface area contributed by atoms with Crippen LogP contribution in [-0.4, -0.2) is 17.9 Å². The predicted molar refractivity (Wildman–Crippen MR) is 154 cm³/mol. The zero-order valence-electron chi connectivity index (χ0n) is 24.7. The average molecular weight is 530 g/mol. The van der Waals surface area contributed by atoms with Crippen molar-refractivity contribution in [3.63, 3.8) is 0 Å². The molecule has 3 saturated carbocycles. The Morgan fingerprint density at radius 2 is 1.79 bits per heavy atom. The molecule has 0 N–H and O–H groups in total. The number of allylic oxidation sites excluding steroid dienone is 2. The Bertz CT molecular complexity index is 1160. The summed E-state index contributed by atoms with van der Waals surface area (Å²) >= 11 is 0. The van der Waals surface area contributed by atoms with Crippen LogP contribution in [-0.2, 0) is 9.53 Å². The van der Waals surface area contributed by atoms with Crippen LogP contribution in [0.2, 0.25) is 0 Å². The Morgan fingerprint density at radius 3 is 2.49 bits per heavy atom. The van der Waals surface area contributed by atoms with Crippen LogP contribution < -0.4 is 0 Å². The van der Waals surface area contributed by atoms with Gasteiger partial charge in [0.25, 0.3) is 0 Å². The summed E-state index contributed by atoms with van der Waals surface area (Å²) < 4.78 is 5.99. The highest BCUT2D eigenvalue weighted by atomic mass is 16.5. The number of ether oxygens (including phenoxy) is 1. The topological polar surface area (TPSA) is 67.2 Å². The van der Waals surface area contributed by atoms with Crippen molar-refractivity contribution in [3.8, 4) is 6.07 Å². The summed E-state index contributed by atoms with van der Waals surface area (Å²) in [6, 6.07) is 12.3. The van der Waals surface area contributed by atoms with Gasteiger partial charge in [-0.25, -0.2) is 4.79 Å². The summed E-state index contributed by atoms with van der Waals surface area (Å²) in [6.45, 7) is 11.2. The monoisotopic (exact) mass is 529 g/mol. The molecule has 0 unspecified atom stereocenters. The molecule has 210 valence electrons. The second-order valence-electron chi connectivity index (χ2n) is 14.1. The highest BCUT2D eigenvalue weighted by molar-refractivity contribution is 5.89. The van der Waals surface area contributed by atoms with Gasteiger partial charge in [-0.15, -0.1) is 0 Å². The minimum atomic E-state index is -0.387. The highest BCUT2D eigenvalue weighted by Gasteiger charge is 2.66. The number of nitrogens with zero attached hydrogens (tertiary/aromatic N) is 1. The molecule has 5 rings (SSSR count). The Morgan fingerprint density at radius 1 is 1.05 bits per heavy atom. The smallest absolute Gasteiger partial charge is 0.338 e. The summed E-state index contributed by atoms with van der Waals surface area (Å²) in [5.74, 6) is 2.10. The van der Waals surface area contributed by atoms with E-state index in [0.717, 1.165) is 57.8 Å². The Hall–Kier alpha value is -2.41. The van der Waals surface area contributed by atoms with Crippen molar-refractivity contribution in [1.82, 2.24) is 0 Å². The van der Waals surface area contributed by atoms with Crippen LogP contribution in [0.25, 0.3) is 0 Å². The second kappa shape index (κ2) is 10.5. The van der Waals surface area contributed by atoms with Gasteiger partial charge in [0.2, 0.25) is 0 Å². The molecule has 0 aliphatic heterocycles. The van der Waals surface area contributed by atoms with Crippen molar-refractivity contribution in [1.29, 1.82) is 5.26 Å². The zero-order valence-corrected chi connectivity index (χ0v) is 24.7. The first-order chi connectivity index (χ1) is 18.6. The van der Waals surface area contributed by atoms with Gasteiger partial charge in [-0.2, -0.15) is 5.26 Å². The van der Waals surface area contributed by atoms with Gasteiger partial charge in [-0.3, -0.25) is 4.79 Å². The molecule has 0 saturated heterocycles. The van der Waals surface area contributed by atoms with Crippen molar-refractivity contribution < 1.29 is 14.3 Å². The molecule has 0 heterocycles. The van der Waals surface area contributed by atoms with Gasteiger partial charge in [-0.1, -0.05) is 58.9 Å². The summed E-state index contributed by atoms with van der Waals surface area (Å²) in [6.07, 6.45) is 12.1. The molecule has 4 heteroatoms. The fourth-order valence-corrected chi connectivity index (χ4v) is 9.46. The largest absolute Gasteiger partial charge is 0.459 e. The molecule has 39 heavy (non-hydrogen) atoms. The van der Waals surface area contributed by atoms with E-state index in [0.29, 0.717) is 41.4 Å². The standard InChI is InChI=1S/C35H47NO3/c1-23(2)31(37)14-11-24(3)28-17-20-35(22-36)30-13-12-26-21-27(39-32(38)25-9-7-6-8-10-25)15-18-33(26,4)29(30)16-19-34(28,35)5/h6-10,13,23-24,26-29H,11-12,14-21H2,1-5H3/t24-,26+,27+,28-,29+,33+,34-,35-/m1/s1. The highest BCUT2D eigenvalue weighted by Crippen LogP contribution is 2.72. The number of Topliss-reactive ketones (excluding diaryl/α,β-unsaturated/α-hetero) is 1. The van der Waals surface area contributed by atoms with Crippen molar-refractivity contribution in [2.45, 2.75) is 105 Å². The van der Waals surface area contributed by atoms with Gasteiger partial charge >= 0.3 is 5.97 Å². The maximum Gasteiger partial charge on any atom is 0.338 e. The fraction of sp³-hybridized carbons (Fsp3) is 0.686. The van der Waals surface area contributed by atoms with Crippen molar-refractivity contribution >= 4 is 11.8 Å². The number of carbonyl (C=O) groups excluding carboxylic acids is 2. The maximum absolute atomic E-state index is 12.7. The van der Waals surface area contributed by atoms with E-state index in [9.17, 15) is 14.9 Å². The third kappa shape index (κ3) is 4.58. The lowest BCUT2D eigenvalue weighted by Crippen LogP contribution is -2.54. The number of ketones is 1. The van der Waals surface area contributed by atoms with Crippen LogP contribution in [0.4, 0.5) is 0 Å². The molecular weight excluding hydrogens is 482 g/mol. The molecular formula is C35H47NO3. The van der Waals surface area contributed by atoms with Crippen LogP contribution in [0.1, 0.15) is 109 Å². The van der Waals surface area contributed by atoms with Crippen molar-refractivity contribution in [2.24, 2.45) is 45.8 Å². The fourth-order valence-electron chi connectivity index (χ4n) is 9.46. The van der Waals surface area contributed by atoms with Gasteiger partial charge in [0.05, 0.1) is 17.0 Å². The van der Waals surface area contributed by atoms with Gasteiger partial charge < -0.3 is 4.74 Å². The van der Waals surface area contributed by atoms with E-state index in [4.69, 9.17) is 4.74 Å². The quantitative estimate of drug-likeness (QED) is 0.263. The first-order valence-electron chi connectivity index (χ1n) is 15.5. The van der Waals surface area contributed by atoms with Gasteiger partial charge in [-0.05, 0) is 110 Å². The minimum Gasteiger partial charge on any atom is -0.459 e. The number of benzene rings is 1. The number of hydrogen-bond acceptors (Lipinski definition) is 4. The number of fused-ring (bicyclic) bond motifs is 5. The molecule has 1 aromatic rings. The molecule has 4 aliphatic rings. The molecule has 0 aromatic heterocycles. The number of rotatable bonds is 7. The number of carbonyl (C=O) groups is 2. The molecule has 0 amide bonds. The van der Waals surface area contributed by atoms with E-state index in [2.05, 4.69) is 32.9 Å². The lowest BCUT2D eigenvalue weighted by Gasteiger charge is -2.60. The van der Waals surface area contributed by atoms with E-state index in [1.54, 1.807) is 0 Å². The molecule has 4 aliphatic carbocycles. The first-order valence-corrected chi connectivity index (χ1v) is 15.5. The van der Waals surface area contributed by atoms with Gasteiger partial charge in [0, 0.05) is 12.3 Å². The van der Waals surface area contributed by atoms with Crippen LogP contribution in [0, 0.1) is 57.2 Å². The molecule has 0 spiro atoms. The lowest BCUT2D eigenvalue weighted by atomic mass is 9.43. The molecule has 3 fully saturated rings. The number of nitriles is 1. The molecule has 1 aromatic carbocycles. The van der Waals surface area contributed by atoms with Gasteiger partial charge in [0.15, 0.2) is 0 Å². The zero-order chi connectivity index (χ0) is 28.0. The van der Waals surface area contributed by atoms with Gasteiger partial charge in [0.1, 0.15) is 11.9 Å². The third-order valence-electron chi connectivity index (χ3n) is 12.0. The summed E-state index contributed by atoms with van der Waals surface area (Å²) in [5, 5.41) is 10.9. The summed E-state index contributed by atoms with van der Waals surface area (Å²) in [7, 11) is 0. The van der Waals surface area contributed by atoms with E-state index < -0.39 is 0 Å². The number of hydrogen-bond donors (Lipinski definition) is 0. The Balaban J connectivity index is 1.33. The molecule has 0 bridgehead atoms. The van der Waals surface area contributed by atoms with E-state index in [1.165, 1.54) is 5.57 Å². The van der Waals surface area contributed by atoms with Crippen molar-refractivity contribution in [3.05, 3.63) is 47.5 Å². The molecule has 8 atom stereocenters. The van der Waals surface area contributed by atoms with E-state index in [1.807, 2.05) is 44.2 Å². The predicted octanol–water partition coefficient (Wildman–Crippen LogP) is 8.33. The summed E-state index contributed by atoms with van der Waals surface area (Å²) in [5.41, 5.74) is 1.79. The Labute approximate surface area is 235 Å². The summed E-state index contributed by atoms with van der Waals surface area (Å²) in [4.78, 5) is 25.1. The van der Waals surface area contributed by atoms with Crippen LogP contribution in [0.15, 0.2) is 42.0 Å². The SMILES string of the molecule is CC(C)C(=O)CC[C@@H](C)[C@H]1CC[C@@]2(C#N)C3=CC[C@H]4C[C@@H](OC(=O)c5ccccc5)CC[C@]4(C)[C@H]3CC[C@]12C. The number of esters is 1. The average Bonchev–Trinajstić information content (AvgIpc) is 3.25. The first kappa shape index (κ1) is 28.1. The molecule has 4 nitrogen and oxygen atoms in total. The minimum absolute atomic E-state index is 0.0318. The maximum atomic E-state index is 12.7. The van der Waals surface area contributed by atoms with Crippen LogP contribution in [0.3, 0.4) is 0 Å². The third-order valence-corrected chi connectivity index (χ3v) is 12.0. The van der Waals surface area contributed by atoms with E-state index in [-0.39, 0.29) is 34.2 Å². The van der Waals surface area contributed by atoms with E-state index >= 15 is 0 Å². The van der Waals surface area contributed by atoms with Crippen LogP contribution >= 0.6 is 0 Å². The Kier molecular flexibility index (Phi) is 7.60.